The molecule has 1 amide bonds. The van der Waals surface area contributed by atoms with Crippen LogP contribution in [0.4, 0.5) is 8.78 Å². The number of thioether (sulfide) groups is 1. The molecular weight excluding hydrogens is 608 g/mol. The van der Waals surface area contributed by atoms with Gasteiger partial charge in [0.25, 0.3) is 5.91 Å². The van der Waals surface area contributed by atoms with Gasteiger partial charge in [-0.1, -0.05) is 74.4 Å². The van der Waals surface area contributed by atoms with Crippen molar-refractivity contribution in [2.75, 3.05) is 11.6 Å². The molecule has 7 rings (SSSR count). The molecule has 238 valence electrons. The van der Waals surface area contributed by atoms with Crippen LogP contribution in [-0.2, 0) is 12.4 Å². The SMILES string of the molecule is CCCCC1(O)CCN2C(=O)c3c(OCc4ccccc4)c(=O)ccn3N(C3c4ccccc4SCc4c3ccc(F)c4F)C2C1. The van der Waals surface area contributed by atoms with E-state index in [0.29, 0.717) is 18.4 Å². The summed E-state index contributed by atoms with van der Waals surface area (Å²) in [6.07, 6.45) is 3.85. The average Bonchev–Trinajstić information content (AvgIpc) is 3.23. The molecule has 1 saturated heterocycles. The van der Waals surface area contributed by atoms with Crippen molar-refractivity contribution in [3.63, 3.8) is 0 Å². The maximum absolute atomic E-state index is 15.6. The Balaban J connectivity index is 1.45. The first-order valence-corrected chi connectivity index (χ1v) is 16.7. The molecule has 4 aromatic rings. The third-order valence-corrected chi connectivity index (χ3v) is 10.5. The van der Waals surface area contributed by atoms with E-state index in [1.54, 1.807) is 21.8 Å². The normalized spacial score (nSPS) is 22.0. The van der Waals surface area contributed by atoms with Gasteiger partial charge in [-0.2, -0.15) is 0 Å². The molecule has 3 atom stereocenters. The fourth-order valence-electron chi connectivity index (χ4n) is 7.03. The summed E-state index contributed by atoms with van der Waals surface area (Å²) in [5.74, 6) is -2.05. The smallest absolute Gasteiger partial charge is 0.278 e. The highest BCUT2D eigenvalue weighted by atomic mass is 32.2. The van der Waals surface area contributed by atoms with Gasteiger partial charge in [-0.25, -0.2) is 8.78 Å². The zero-order valence-corrected chi connectivity index (χ0v) is 26.3. The number of hydrogen-bond donors (Lipinski definition) is 1. The third kappa shape index (κ3) is 5.27. The summed E-state index contributed by atoms with van der Waals surface area (Å²) in [6.45, 7) is 2.41. The molecule has 3 aromatic carbocycles. The van der Waals surface area contributed by atoms with Crippen molar-refractivity contribution in [3.05, 3.63) is 129 Å². The highest BCUT2D eigenvalue weighted by molar-refractivity contribution is 7.98. The van der Waals surface area contributed by atoms with Crippen LogP contribution in [0, 0.1) is 11.6 Å². The van der Waals surface area contributed by atoms with E-state index in [1.807, 2.05) is 59.6 Å². The average molecular weight is 644 g/mol. The molecule has 46 heavy (non-hydrogen) atoms. The number of carbonyl (C=O) groups excluding carboxylic acids is 1. The second kappa shape index (κ2) is 12.2. The van der Waals surface area contributed by atoms with E-state index in [2.05, 4.69) is 6.92 Å². The fraction of sp³-hybridized carbons (Fsp3) is 0.333. The Bertz CT molecular complexity index is 1850. The number of rotatable bonds is 7. The van der Waals surface area contributed by atoms with Gasteiger partial charge in [0.2, 0.25) is 5.43 Å². The summed E-state index contributed by atoms with van der Waals surface area (Å²) >= 11 is 1.43. The summed E-state index contributed by atoms with van der Waals surface area (Å²) in [5, 5.41) is 13.8. The van der Waals surface area contributed by atoms with Gasteiger partial charge in [0.1, 0.15) is 12.8 Å². The van der Waals surface area contributed by atoms with E-state index < -0.39 is 34.9 Å². The largest absolute Gasteiger partial charge is 0.482 e. The van der Waals surface area contributed by atoms with Gasteiger partial charge in [-0.05, 0) is 41.7 Å². The minimum Gasteiger partial charge on any atom is -0.482 e. The van der Waals surface area contributed by atoms with Gasteiger partial charge < -0.3 is 14.7 Å². The monoisotopic (exact) mass is 643 g/mol. The van der Waals surface area contributed by atoms with Gasteiger partial charge in [0.05, 0.1) is 11.6 Å². The van der Waals surface area contributed by atoms with Gasteiger partial charge >= 0.3 is 0 Å². The van der Waals surface area contributed by atoms with Crippen molar-refractivity contribution in [1.82, 2.24) is 9.58 Å². The number of aliphatic hydroxyl groups is 1. The second-order valence-electron chi connectivity index (χ2n) is 12.3. The predicted molar refractivity (Wildman–Crippen MR) is 172 cm³/mol. The number of aromatic nitrogens is 1. The minimum atomic E-state index is -1.03. The van der Waals surface area contributed by atoms with Gasteiger partial charge in [0.15, 0.2) is 23.1 Å². The van der Waals surface area contributed by atoms with E-state index in [4.69, 9.17) is 4.74 Å². The number of pyridine rings is 1. The molecule has 1 N–H and O–H groups in total. The minimum absolute atomic E-state index is 0.0668. The Morgan fingerprint density at radius 1 is 1.00 bits per heavy atom. The lowest BCUT2D eigenvalue weighted by atomic mass is 9.83. The molecule has 3 aliphatic heterocycles. The lowest BCUT2D eigenvalue weighted by Crippen LogP contribution is -2.67. The van der Waals surface area contributed by atoms with Crippen molar-refractivity contribution in [3.8, 4) is 5.75 Å². The Morgan fingerprint density at radius 2 is 1.78 bits per heavy atom. The van der Waals surface area contributed by atoms with Crippen LogP contribution >= 0.6 is 11.8 Å². The standard InChI is InChI=1S/C36H35F2N3O4S/c1-2-3-16-36(44)17-19-39-30(20-36)41(32-24-13-14-27(37)31(38)26(24)22-46-29-12-8-7-11-25(29)32)40-18-15-28(42)34(33(40)35(39)43)45-21-23-9-5-4-6-10-23/h4-15,18,30,32,44H,2-3,16-17,19-22H2,1H3. The highest BCUT2D eigenvalue weighted by Gasteiger charge is 2.50. The van der Waals surface area contributed by atoms with Crippen molar-refractivity contribution in [2.24, 2.45) is 0 Å². The number of ether oxygens (including phenoxy) is 1. The number of fused-ring (bicyclic) bond motifs is 4. The molecule has 0 saturated carbocycles. The zero-order chi connectivity index (χ0) is 32.0. The molecule has 3 aliphatic rings. The number of piperidine rings is 1. The van der Waals surface area contributed by atoms with Gasteiger partial charge in [-0.3, -0.25) is 19.3 Å². The zero-order valence-electron chi connectivity index (χ0n) is 25.5. The lowest BCUT2D eigenvalue weighted by molar-refractivity contribution is -0.0561. The molecule has 10 heteroatoms. The first-order valence-electron chi connectivity index (χ1n) is 15.7. The maximum Gasteiger partial charge on any atom is 0.278 e. The highest BCUT2D eigenvalue weighted by Crippen LogP contribution is 2.47. The van der Waals surface area contributed by atoms with Crippen LogP contribution in [0.2, 0.25) is 0 Å². The Morgan fingerprint density at radius 3 is 2.59 bits per heavy atom. The lowest BCUT2D eigenvalue weighted by Gasteiger charge is -2.55. The first kappa shape index (κ1) is 30.5. The topological polar surface area (TPSA) is 75.0 Å². The number of amides is 1. The van der Waals surface area contributed by atoms with E-state index >= 15 is 4.39 Å². The quantitative estimate of drug-likeness (QED) is 0.247. The molecule has 1 aromatic heterocycles. The number of hydrogen-bond acceptors (Lipinski definition) is 6. The van der Waals surface area contributed by atoms with Crippen molar-refractivity contribution in [1.29, 1.82) is 0 Å². The van der Waals surface area contributed by atoms with E-state index in [0.717, 1.165) is 34.9 Å². The maximum atomic E-state index is 15.6. The van der Waals surface area contributed by atoms with Crippen LogP contribution in [0.5, 0.6) is 5.75 Å². The molecule has 3 unspecified atom stereocenters. The summed E-state index contributed by atoms with van der Waals surface area (Å²) in [5.41, 5.74) is 1.09. The number of unbranched alkanes of at least 4 members (excludes halogenated alkanes) is 1. The Hall–Kier alpha value is -4.15. The fourth-order valence-corrected chi connectivity index (χ4v) is 8.14. The Labute approximate surface area is 270 Å². The van der Waals surface area contributed by atoms with Crippen LogP contribution in [0.15, 0.2) is 88.7 Å². The summed E-state index contributed by atoms with van der Waals surface area (Å²) < 4.78 is 38.1. The van der Waals surface area contributed by atoms with Crippen molar-refractivity contribution in [2.45, 2.75) is 74.1 Å². The van der Waals surface area contributed by atoms with Gasteiger partial charge in [-0.15, -0.1) is 11.8 Å². The van der Waals surface area contributed by atoms with E-state index in [9.17, 15) is 19.1 Å². The number of halogens is 2. The van der Waals surface area contributed by atoms with Crippen LogP contribution < -0.4 is 15.2 Å². The summed E-state index contributed by atoms with van der Waals surface area (Å²) in [6, 6.07) is 20.6. The molecule has 0 spiro atoms. The predicted octanol–water partition coefficient (Wildman–Crippen LogP) is 6.54. The van der Waals surface area contributed by atoms with Crippen LogP contribution in [-0.4, -0.2) is 38.9 Å². The molecule has 7 nitrogen and oxygen atoms in total. The van der Waals surface area contributed by atoms with Crippen molar-refractivity contribution >= 4 is 17.7 Å². The Kier molecular flexibility index (Phi) is 8.10. The summed E-state index contributed by atoms with van der Waals surface area (Å²) in [4.78, 5) is 30.4. The molecule has 4 heterocycles. The molecule has 1 fully saturated rings. The third-order valence-electron chi connectivity index (χ3n) is 9.39. The molecule has 0 aliphatic carbocycles. The number of nitrogens with zero attached hydrogens (tertiary/aromatic N) is 3. The van der Waals surface area contributed by atoms with Gasteiger partial charge in [0, 0.05) is 41.4 Å². The number of benzene rings is 3. The molecule has 0 bridgehead atoms. The van der Waals surface area contributed by atoms with E-state index in [1.165, 1.54) is 17.8 Å². The van der Waals surface area contributed by atoms with Crippen molar-refractivity contribution < 1.29 is 23.4 Å². The van der Waals surface area contributed by atoms with Crippen LogP contribution in [0.25, 0.3) is 0 Å². The second-order valence-corrected chi connectivity index (χ2v) is 13.3. The van der Waals surface area contributed by atoms with E-state index in [-0.39, 0.29) is 48.2 Å². The first-order chi connectivity index (χ1) is 22.3. The van der Waals surface area contributed by atoms with Crippen LogP contribution in [0.1, 0.15) is 77.8 Å². The molecule has 0 radical (unpaired) electrons. The molecular formula is C36H35F2N3O4S. The summed E-state index contributed by atoms with van der Waals surface area (Å²) in [7, 11) is 0. The van der Waals surface area contributed by atoms with Crippen LogP contribution in [0.3, 0.4) is 0 Å². The number of carbonyl (C=O) groups is 1.